The van der Waals surface area contributed by atoms with Crippen molar-refractivity contribution < 1.29 is 4.79 Å². The number of fused-ring (bicyclic) bond motifs is 3. The molecule has 2 bridgehead atoms. The fourth-order valence-electron chi connectivity index (χ4n) is 4.98. The molecule has 3 aliphatic rings. The number of carbonyl (C=O) groups excluding carboxylic acids is 1. The van der Waals surface area contributed by atoms with Crippen molar-refractivity contribution in [1.82, 2.24) is 0 Å². The van der Waals surface area contributed by atoms with Crippen molar-refractivity contribution in [3.05, 3.63) is 0 Å². The second-order valence-electron chi connectivity index (χ2n) is 6.18. The van der Waals surface area contributed by atoms with Crippen molar-refractivity contribution in [3.8, 4) is 0 Å². The number of carbonyl (C=O) groups is 1. The normalized spacial score (nSPS) is 49.4. The van der Waals surface area contributed by atoms with Crippen LogP contribution in [0.25, 0.3) is 0 Å². The number of hydrogen-bond acceptors (Lipinski definition) is 1. The first kappa shape index (κ1) is 8.94. The molecule has 0 aromatic carbocycles. The maximum Gasteiger partial charge on any atom is 0.139 e. The highest BCUT2D eigenvalue weighted by Crippen LogP contribution is 2.70. The Kier molecular flexibility index (Phi) is 1.55. The van der Waals surface area contributed by atoms with Crippen LogP contribution < -0.4 is 0 Å². The maximum absolute atomic E-state index is 12.2. The molecule has 1 spiro atoms. The molecule has 3 atom stereocenters. The van der Waals surface area contributed by atoms with Crippen molar-refractivity contribution in [2.45, 2.75) is 52.4 Å². The second-order valence-corrected chi connectivity index (χ2v) is 6.18. The SMILES string of the molecule is CC1(C)[C@H]2CC[C@H](C2)[C@@]12CCCC2=O. The highest BCUT2D eigenvalue weighted by Gasteiger charge is 2.66. The molecule has 0 aliphatic heterocycles. The Labute approximate surface area is 86.3 Å². The van der Waals surface area contributed by atoms with E-state index in [0.717, 1.165) is 24.7 Å². The minimum Gasteiger partial charge on any atom is -0.299 e. The summed E-state index contributed by atoms with van der Waals surface area (Å²) < 4.78 is 0. The quantitative estimate of drug-likeness (QED) is 0.576. The molecule has 0 saturated heterocycles. The summed E-state index contributed by atoms with van der Waals surface area (Å²) in [5, 5.41) is 0. The van der Waals surface area contributed by atoms with Crippen LogP contribution in [0.5, 0.6) is 0 Å². The van der Waals surface area contributed by atoms with Crippen molar-refractivity contribution in [3.63, 3.8) is 0 Å². The van der Waals surface area contributed by atoms with Gasteiger partial charge in [0.2, 0.25) is 0 Å². The van der Waals surface area contributed by atoms with E-state index < -0.39 is 0 Å². The molecule has 0 aromatic heterocycles. The molecule has 0 heterocycles. The van der Waals surface area contributed by atoms with Gasteiger partial charge in [-0.15, -0.1) is 0 Å². The molecule has 3 rings (SSSR count). The third-order valence-electron chi connectivity index (χ3n) is 5.77. The average molecular weight is 192 g/mol. The summed E-state index contributed by atoms with van der Waals surface area (Å²) in [5.41, 5.74) is 0.430. The summed E-state index contributed by atoms with van der Waals surface area (Å²) in [7, 11) is 0. The van der Waals surface area contributed by atoms with Crippen molar-refractivity contribution >= 4 is 5.78 Å². The Morgan fingerprint density at radius 1 is 1.21 bits per heavy atom. The lowest BCUT2D eigenvalue weighted by atomic mass is 9.56. The minimum absolute atomic E-state index is 0.121. The first-order valence-electron chi connectivity index (χ1n) is 6.12. The Hall–Kier alpha value is -0.330. The van der Waals surface area contributed by atoms with Gasteiger partial charge in [0, 0.05) is 11.8 Å². The van der Waals surface area contributed by atoms with E-state index in [9.17, 15) is 4.79 Å². The van der Waals surface area contributed by atoms with Gasteiger partial charge in [0.1, 0.15) is 5.78 Å². The van der Waals surface area contributed by atoms with E-state index in [4.69, 9.17) is 0 Å². The standard InChI is InChI=1S/C13H20O/c1-12(2)9-5-6-10(8-9)13(12)7-3-4-11(13)14/h9-10H,3-8H2,1-2H3/t9-,10+,13+/m0/s1. The van der Waals surface area contributed by atoms with Crippen LogP contribution in [0, 0.1) is 22.7 Å². The molecule has 3 saturated carbocycles. The Balaban J connectivity index is 2.10. The summed E-state index contributed by atoms with van der Waals surface area (Å²) in [6.45, 7) is 4.72. The summed E-state index contributed by atoms with van der Waals surface area (Å²) in [6.07, 6.45) is 7.28. The lowest BCUT2D eigenvalue weighted by Crippen LogP contribution is -2.45. The van der Waals surface area contributed by atoms with E-state index >= 15 is 0 Å². The Morgan fingerprint density at radius 2 is 1.93 bits per heavy atom. The molecule has 0 amide bonds. The highest BCUT2D eigenvalue weighted by atomic mass is 16.1. The molecule has 1 nitrogen and oxygen atoms in total. The fraction of sp³-hybridized carbons (Fsp3) is 0.923. The van der Waals surface area contributed by atoms with Gasteiger partial charge in [-0.3, -0.25) is 4.79 Å². The zero-order chi connectivity index (χ0) is 9.97. The van der Waals surface area contributed by atoms with Gasteiger partial charge in [-0.2, -0.15) is 0 Å². The predicted octanol–water partition coefficient (Wildman–Crippen LogP) is 3.18. The van der Waals surface area contributed by atoms with Crippen LogP contribution in [0.15, 0.2) is 0 Å². The van der Waals surface area contributed by atoms with Crippen LogP contribution in [0.4, 0.5) is 0 Å². The Morgan fingerprint density at radius 3 is 2.43 bits per heavy atom. The molecule has 3 fully saturated rings. The lowest BCUT2D eigenvalue weighted by Gasteiger charge is -2.46. The predicted molar refractivity (Wildman–Crippen MR) is 55.9 cm³/mol. The van der Waals surface area contributed by atoms with Gasteiger partial charge in [-0.25, -0.2) is 0 Å². The van der Waals surface area contributed by atoms with Gasteiger partial charge in [0.05, 0.1) is 0 Å². The van der Waals surface area contributed by atoms with E-state index in [1.807, 2.05) is 0 Å². The van der Waals surface area contributed by atoms with E-state index in [1.165, 1.54) is 25.7 Å². The monoisotopic (exact) mass is 192 g/mol. The van der Waals surface area contributed by atoms with Gasteiger partial charge in [-0.05, 0) is 49.4 Å². The topological polar surface area (TPSA) is 17.1 Å². The maximum atomic E-state index is 12.2. The van der Waals surface area contributed by atoms with Crippen LogP contribution in [-0.4, -0.2) is 5.78 Å². The van der Waals surface area contributed by atoms with Crippen molar-refractivity contribution in [1.29, 1.82) is 0 Å². The molecule has 0 aromatic rings. The number of ketones is 1. The molecular formula is C13H20O. The van der Waals surface area contributed by atoms with Crippen LogP contribution in [0.2, 0.25) is 0 Å². The molecule has 0 unspecified atom stereocenters. The van der Waals surface area contributed by atoms with Gasteiger partial charge < -0.3 is 0 Å². The molecule has 3 aliphatic carbocycles. The summed E-state index contributed by atoms with van der Waals surface area (Å²) >= 11 is 0. The van der Waals surface area contributed by atoms with Crippen LogP contribution in [0.3, 0.4) is 0 Å². The first-order valence-corrected chi connectivity index (χ1v) is 6.12. The van der Waals surface area contributed by atoms with Crippen LogP contribution >= 0.6 is 0 Å². The summed E-state index contributed by atoms with van der Waals surface area (Å²) in [4.78, 5) is 12.2. The van der Waals surface area contributed by atoms with E-state index in [2.05, 4.69) is 13.8 Å². The third-order valence-corrected chi connectivity index (χ3v) is 5.77. The zero-order valence-electron chi connectivity index (χ0n) is 9.31. The molecular weight excluding hydrogens is 172 g/mol. The molecule has 0 N–H and O–H groups in total. The summed E-state index contributed by atoms with van der Waals surface area (Å²) in [5.74, 6) is 2.20. The van der Waals surface area contributed by atoms with Gasteiger partial charge >= 0.3 is 0 Å². The van der Waals surface area contributed by atoms with Crippen LogP contribution in [0.1, 0.15) is 52.4 Å². The number of rotatable bonds is 0. The molecule has 78 valence electrons. The first-order chi connectivity index (χ1) is 6.59. The molecule has 0 radical (unpaired) electrons. The number of hydrogen-bond donors (Lipinski definition) is 0. The summed E-state index contributed by atoms with van der Waals surface area (Å²) in [6, 6.07) is 0. The van der Waals surface area contributed by atoms with E-state index in [-0.39, 0.29) is 5.41 Å². The molecule has 14 heavy (non-hydrogen) atoms. The number of Topliss-reactive ketones (excluding diaryl/α,β-unsaturated/α-hetero) is 1. The minimum atomic E-state index is 0.121. The van der Waals surface area contributed by atoms with Gasteiger partial charge in [0.15, 0.2) is 0 Å². The Bertz CT molecular complexity index is 292. The van der Waals surface area contributed by atoms with Gasteiger partial charge in [0.25, 0.3) is 0 Å². The molecule has 1 heteroatoms. The van der Waals surface area contributed by atoms with Crippen molar-refractivity contribution in [2.24, 2.45) is 22.7 Å². The van der Waals surface area contributed by atoms with Crippen LogP contribution in [-0.2, 0) is 4.79 Å². The van der Waals surface area contributed by atoms with E-state index in [1.54, 1.807) is 0 Å². The highest BCUT2D eigenvalue weighted by molar-refractivity contribution is 5.88. The zero-order valence-corrected chi connectivity index (χ0v) is 9.31. The lowest BCUT2D eigenvalue weighted by molar-refractivity contribution is -0.136. The average Bonchev–Trinajstić information content (AvgIpc) is 2.72. The van der Waals surface area contributed by atoms with Crippen molar-refractivity contribution in [2.75, 3.05) is 0 Å². The largest absolute Gasteiger partial charge is 0.299 e. The second kappa shape index (κ2) is 2.43. The fourth-order valence-corrected chi connectivity index (χ4v) is 4.98. The smallest absolute Gasteiger partial charge is 0.139 e. The van der Waals surface area contributed by atoms with Gasteiger partial charge in [-0.1, -0.05) is 13.8 Å². The van der Waals surface area contributed by atoms with E-state index in [0.29, 0.717) is 11.2 Å². The third kappa shape index (κ3) is 0.730.